The minimum Gasteiger partial charge on any atom is -0.293 e. The number of ketones is 1. The zero-order chi connectivity index (χ0) is 14.8. The van der Waals surface area contributed by atoms with E-state index in [1.807, 2.05) is 0 Å². The number of rotatable bonds is 4. The molecule has 2 aromatic rings. The van der Waals surface area contributed by atoms with E-state index in [0.29, 0.717) is 10.6 Å². The highest BCUT2D eigenvalue weighted by molar-refractivity contribution is 9.10. The van der Waals surface area contributed by atoms with Gasteiger partial charge in [0.05, 0.1) is 4.90 Å². The van der Waals surface area contributed by atoms with E-state index in [4.69, 9.17) is 11.6 Å². The molecule has 0 heterocycles. The summed E-state index contributed by atoms with van der Waals surface area (Å²) in [6.07, 6.45) is 0. The lowest BCUT2D eigenvalue weighted by Crippen LogP contribution is -2.16. The van der Waals surface area contributed by atoms with Crippen LogP contribution in [0.25, 0.3) is 0 Å². The molecule has 104 valence electrons. The van der Waals surface area contributed by atoms with Crippen LogP contribution in [0.2, 0.25) is 5.02 Å². The molecule has 0 atom stereocenters. The van der Waals surface area contributed by atoms with E-state index in [-0.39, 0.29) is 4.90 Å². The van der Waals surface area contributed by atoms with Gasteiger partial charge in [-0.05, 0) is 48.5 Å². The largest absolute Gasteiger partial charge is 0.293 e. The molecule has 0 spiro atoms. The molecule has 0 saturated heterocycles. The van der Waals surface area contributed by atoms with Crippen molar-refractivity contribution in [2.45, 2.75) is 4.90 Å². The monoisotopic (exact) mass is 372 g/mol. The minimum absolute atomic E-state index is 0.128. The maximum Gasteiger partial charge on any atom is 0.185 e. The molecule has 0 N–H and O–H groups in total. The van der Waals surface area contributed by atoms with Gasteiger partial charge in [0, 0.05) is 15.1 Å². The maximum absolute atomic E-state index is 12.1. The molecule has 0 bridgehead atoms. The van der Waals surface area contributed by atoms with Crippen LogP contribution in [0.4, 0.5) is 0 Å². The first-order valence-corrected chi connectivity index (χ1v) is 8.48. The molecule has 0 aliphatic carbocycles. The van der Waals surface area contributed by atoms with Crippen molar-refractivity contribution in [3.8, 4) is 0 Å². The van der Waals surface area contributed by atoms with E-state index in [9.17, 15) is 13.2 Å². The van der Waals surface area contributed by atoms with Gasteiger partial charge in [-0.15, -0.1) is 0 Å². The van der Waals surface area contributed by atoms with Gasteiger partial charge >= 0.3 is 0 Å². The van der Waals surface area contributed by atoms with Crippen molar-refractivity contribution in [3.63, 3.8) is 0 Å². The Bertz CT molecular complexity index is 722. The maximum atomic E-state index is 12.1. The zero-order valence-corrected chi connectivity index (χ0v) is 13.4. The van der Waals surface area contributed by atoms with Crippen LogP contribution >= 0.6 is 27.5 Å². The first kappa shape index (κ1) is 15.2. The Hall–Kier alpha value is -1.17. The van der Waals surface area contributed by atoms with Crippen molar-refractivity contribution in [2.75, 3.05) is 5.75 Å². The Labute approximate surface area is 130 Å². The third-order valence-electron chi connectivity index (χ3n) is 2.66. The second-order valence-corrected chi connectivity index (χ2v) is 7.48. The quantitative estimate of drug-likeness (QED) is 0.767. The molecule has 6 heteroatoms. The molecular weight excluding hydrogens is 364 g/mol. The SMILES string of the molecule is O=C(CS(=O)(=O)c1ccc(Br)cc1)c1ccc(Cl)cc1. The van der Waals surface area contributed by atoms with Crippen molar-refractivity contribution in [1.82, 2.24) is 0 Å². The summed E-state index contributed by atoms with van der Waals surface area (Å²) in [7, 11) is -3.64. The molecular formula is C14H10BrClO3S. The second-order valence-electron chi connectivity index (χ2n) is 4.14. The molecule has 0 aliphatic heterocycles. The van der Waals surface area contributed by atoms with E-state index < -0.39 is 21.4 Å². The number of hydrogen-bond acceptors (Lipinski definition) is 3. The Morgan fingerprint density at radius 2 is 1.55 bits per heavy atom. The second kappa shape index (κ2) is 6.08. The van der Waals surface area contributed by atoms with Gasteiger partial charge in [-0.3, -0.25) is 4.79 Å². The van der Waals surface area contributed by atoms with Crippen molar-refractivity contribution in [3.05, 3.63) is 63.6 Å². The lowest BCUT2D eigenvalue weighted by Gasteiger charge is -2.04. The smallest absolute Gasteiger partial charge is 0.185 e. The predicted octanol–water partition coefficient (Wildman–Crippen LogP) is 3.76. The van der Waals surface area contributed by atoms with Gasteiger partial charge in [0.2, 0.25) is 0 Å². The summed E-state index contributed by atoms with van der Waals surface area (Å²) >= 11 is 8.96. The number of carbonyl (C=O) groups excluding carboxylic acids is 1. The van der Waals surface area contributed by atoms with Crippen molar-refractivity contribution < 1.29 is 13.2 Å². The molecule has 2 rings (SSSR count). The van der Waals surface area contributed by atoms with Crippen molar-refractivity contribution >= 4 is 43.2 Å². The van der Waals surface area contributed by atoms with Crippen LogP contribution in [0.1, 0.15) is 10.4 Å². The number of Topliss-reactive ketones (excluding diaryl/α,β-unsaturated/α-hetero) is 1. The number of carbonyl (C=O) groups is 1. The fourth-order valence-corrected chi connectivity index (χ4v) is 3.24. The van der Waals surface area contributed by atoms with Gasteiger partial charge in [-0.25, -0.2) is 8.42 Å². The van der Waals surface area contributed by atoms with Crippen LogP contribution in [0, 0.1) is 0 Å². The highest BCUT2D eigenvalue weighted by Gasteiger charge is 2.20. The first-order valence-electron chi connectivity index (χ1n) is 5.65. The average molecular weight is 374 g/mol. The molecule has 3 nitrogen and oxygen atoms in total. The summed E-state index contributed by atoms with van der Waals surface area (Å²) < 4.78 is 25.0. The summed E-state index contributed by atoms with van der Waals surface area (Å²) in [6.45, 7) is 0. The molecule has 0 aliphatic rings. The van der Waals surface area contributed by atoms with Gasteiger partial charge in [0.15, 0.2) is 15.6 Å². The summed E-state index contributed by atoms with van der Waals surface area (Å²) in [4.78, 5) is 12.1. The van der Waals surface area contributed by atoms with E-state index in [0.717, 1.165) is 4.47 Å². The van der Waals surface area contributed by atoms with E-state index in [2.05, 4.69) is 15.9 Å². The van der Waals surface area contributed by atoms with Gasteiger partial charge in [0.25, 0.3) is 0 Å². The molecule has 0 saturated carbocycles. The summed E-state index contributed by atoms with van der Waals surface area (Å²) in [5.74, 6) is -1.01. The Morgan fingerprint density at radius 1 is 1.00 bits per heavy atom. The fourth-order valence-electron chi connectivity index (χ4n) is 1.62. The van der Waals surface area contributed by atoms with Crippen LogP contribution in [-0.2, 0) is 9.84 Å². The number of sulfone groups is 1. The number of halogens is 2. The van der Waals surface area contributed by atoms with Crippen LogP contribution in [0.15, 0.2) is 57.9 Å². The van der Waals surface area contributed by atoms with Crippen LogP contribution < -0.4 is 0 Å². The Balaban J connectivity index is 2.22. The highest BCUT2D eigenvalue weighted by Crippen LogP contribution is 2.17. The number of benzene rings is 2. The average Bonchev–Trinajstić information content (AvgIpc) is 2.39. The number of hydrogen-bond donors (Lipinski definition) is 0. The lowest BCUT2D eigenvalue weighted by molar-refractivity contribution is 0.102. The first-order chi connectivity index (χ1) is 9.38. The summed E-state index contributed by atoms with van der Waals surface area (Å²) in [6, 6.07) is 12.3. The Morgan fingerprint density at radius 3 is 2.10 bits per heavy atom. The fraction of sp³-hybridized carbons (Fsp3) is 0.0714. The summed E-state index contributed by atoms with van der Waals surface area (Å²) in [5.41, 5.74) is 0.329. The molecule has 0 amide bonds. The molecule has 2 aromatic carbocycles. The van der Waals surface area contributed by atoms with E-state index in [1.165, 1.54) is 24.3 Å². The summed E-state index contributed by atoms with van der Waals surface area (Å²) in [5, 5.41) is 0.498. The predicted molar refractivity (Wildman–Crippen MR) is 82.0 cm³/mol. The van der Waals surface area contributed by atoms with Gasteiger partial charge in [-0.1, -0.05) is 27.5 Å². The van der Waals surface area contributed by atoms with Crippen molar-refractivity contribution in [1.29, 1.82) is 0 Å². The van der Waals surface area contributed by atoms with E-state index in [1.54, 1.807) is 24.3 Å². The van der Waals surface area contributed by atoms with Crippen molar-refractivity contribution in [2.24, 2.45) is 0 Å². The van der Waals surface area contributed by atoms with Crippen LogP contribution in [0.3, 0.4) is 0 Å². The topological polar surface area (TPSA) is 51.2 Å². The molecule has 0 aromatic heterocycles. The molecule has 20 heavy (non-hydrogen) atoms. The highest BCUT2D eigenvalue weighted by atomic mass is 79.9. The van der Waals surface area contributed by atoms with Gasteiger partial charge < -0.3 is 0 Å². The third kappa shape index (κ3) is 3.69. The molecule has 0 unspecified atom stereocenters. The normalized spacial score (nSPS) is 11.3. The Kier molecular flexibility index (Phi) is 4.62. The zero-order valence-electron chi connectivity index (χ0n) is 10.2. The molecule has 0 fully saturated rings. The third-order valence-corrected chi connectivity index (χ3v) is 5.07. The minimum atomic E-state index is -3.64. The van der Waals surface area contributed by atoms with Gasteiger partial charge in [0.1, 0.15) is 5.75 Å². The molecule has 0 radical (unpaired) electrons. The van der Waals surface area contributed by atoms with Crippen LogP contribution in [-0.4, -0.2) is 20.0 Å². The van der Waals surface area contributed by atoms with E-state index >= 15 is 0 Å². The lowest BCUT2D eigenvalue weighted by atomic mass is 10.1. The van der Waals surface area contributed by atoms with Gasteiger partial charge in [-0.2, -0.15) is 0 Å². The standard InChI is InChI=1S/C14H10BrClO3S/c15-11-3-7-13(8-4-11)20(18,19)9-14(17)10-1-5-12(16)6-2-10/h1-8H,9H2. The van der Waals surface area contributed by atoms with Crippen LogP contribution in [0.5, 0.6) is 0 Å².